The molecule has 1 aromatic rings. The molecule has 1 rings (SSSR count). The summed E-state index contributed by atoms with van der Waals surface area (Å²) in [6.07, 6.45) is 0.733. The Balaban J connectivity index is 2.88. The first kappa shape index (κ1) is 14.5. The maximum atomic E-state index is 12.0. The molecule has 0 radical (unpaired) electrons. The molecule has 1 unspecified atom stereocenters. The van der Waals surface area contributed by atoms with Gasteiger partial charge in [0.05, 0.1) is 16.8 Å². The second-order valence-electron chi connectivity index (χ2n) is 5.19. The Morgan fingerprint density at radius 1 is 1.44 bits per heavy atom. The maximum Gasteiger partial charge on any atom is 0.251 e. The molecule has 0 aromatic heterocycles. The smallest absolute Gasteiger partial charge is 0.251 e. The number of benzene rings is 1. The van der Waals surface area contributed by atoms with Gasteiger partial charge in [-0.1, -0.05) is 32.4 Å². The van der Waals surface area contributed by atoms with Gasteiger partial charge < -0.3 is 15.8 Å². The SMILES string of the molecule is CC(C)(C)C(C=O)NC(=O)c1ccc(N)c(Cl)c1. The fraction of sp³-hybridized carbons (Fsp3) is 0.385. The van der Waals surface area contributed by atoms with E-state index in [0.29, 0.717) is 16.3 Å². The number of aldehydes is 1. The number of nitrogens with one attached hydrogen (secondary N) is 1. The van der Waals surface area contributed by atoms with Gasteiger partial charge in [-0.3, -0.25) is 4.79 Å². The predicted molar refractivity (Wildman–Crippen MR) is 72.6 cm³/mol. The van der Waals surface area contributed by atoms with E-state index in [-0.39, 0.29) is 11.3 Å². The minimum atomic E-state index is -0.554. The minimum absolute atomic E-state index is 0.320. The molecular weight excluding hydrogens is 252 g/mol. The van der Waals surface area contributed by atoms with Crippen LogP contribution in [0, 0.1) is 5.41 Å². The molecule has 98 valence electrons. The Morgan fingerprint density at radius 3 is 2.50 bits per heavy atom. The Hall–Kier alpha value is -1.55. The summed E-state index contributed by atoms with van der Waals surface area (Å²) >= 11 is 5.84. The summed E-state index contributed by atoms with van der Waals surface area (Å²) < 4.78 is 0. The molecule has 3 N–H and O–H groups in total. The first-order valence-corrected chi connectivity index (χ1v) is 5.94. The number of carbonyl (C=O) groups is 2. The van der Waals surface area contributed by atoms with Crippen LogP contribution in [0.1, 0.15) is 31.1 Å². The van der Waals surface area contributed by atoms with Crippen LogP contribution in [0.15, 0.2) is 18.2 Å². The van der Waals surface area contributed by atoms with E-state index in [4.69, 9.17) is 17.3 Å². The van der Waals surface area contributed by atoms with Crippen LogP contribution in [0.3, 0.4) is 0 Å². The van der Waals surface area contributed by atoms with Crippen molar-refractivity contribution in [1.82, 2.24) is 5.32 Å². The van der Waals surface area contributed by atoms with Crippen LogP contribution in [0.25, 0.3) is 0 Å². The number of hydrogen-bond acceptors (Lipinski definition) is 3. The van der Waals surface area contributed by atoms with Gasteiger partial charge in [-0.15, -0.1) is 0 Å². The quantitative estimate of drug-likeness (QED) is 0.652. The van der Waals surface area contributed by atoms with Crippen molar-refractivity contribution < 1.29 is 9.59 Å². The zero-order valence-corrected chi connectivity index (χ0v) is 11.4. The topological polar surface area (TPSA) is 72.2 Å². The Morgan fingerprint density at radius 2 is 2.06 bits per heavy atom. The van der Waals surface area contributed by atoms with E-state index in [9.17, 15) is 9.59 Å². The fourth-order valence-electron chi connectivity index (χ4n) is 1.35. The second kappa shape index (κ2) is 5.40. The number of nitrogens with two attached hydrogens (primary N) is 1. The Bertz CT molecular complexity index is 467. The fourth-order valence-corrected chi connectivity index (χ4v) is 1.53. The van der Waals surface area contributed by atoms with Crippen molar-refractivity contribution in [3.63, 3.8) is 0 Å². The number of halogens is 1. The molecule has 0 aliphatic carbocycles. The van der Waals surface area contributed by atoms with E-state index in [1.165, 1.54) is 6.07 Å². The van der Waals surface area contributed by atoms with Crippen LogP contribution in [0.4, 0.5) is 5.69 Å². The zero-order valence-electron chi connectivity index (χ0n) is 10.7. The summed E-state index contributed by atoms with van der Waals surface area (Å²) in [6.45, 7) is 5.63. The van der Waals surface area contributed by atoms with Gasteiger partial charge in [-0.05, 0) is 23.6 Å². The van der Waals surface area contributed by atoms with Gasteiger partial charge in [0.1, 0.15) is 6.29 Å². The van der Waals surface area contributed by atoms with E-state index in [2.05, 4.69) is 5.32 Å². The van der Waals surface area contributed by atoms with Crippen molar-refractivity contribution in [2.24, 2.45) is 5.41 Å². The summed E-state index contributed by atoms with van der Waals surface area (Å²) in [4.78, 5) is 22.9. The Labute approximate surface area is 112 Å². The number of hydrogen-bond donors (Lipinski definition) is 2. The van der Waals surface area contributed by atoms with Crippen LogP contribution in [-0.4, -0.2) is 18.2 Å². The van der Waals surface area contributed by atoms with E-state index >= 15 is 0 Å². The average molecular weight is 269 g/mol. The Kier molecular flexibility index (Phi) is 4.35. The molecule has 18 heavy (non-hydrogen) atoms. The molecule has 4 nitrogen and oxygen atoms in total. The van der Waals surface area contributed by atoms with Crippen molar-refractivity contribution in [1.29, 1.82) is 0 Å². The van der Waals surface area contributed by atoms with Gasteiger partial charge >= 0.3 is 0 Å². The van der Waals surface area contributed by atoms with Crippen LogP contribution >= 0.6 is 11.6 Å². The monoisotopic (exact) mass is 268 g/mol. The van der Waals surface area contributed by atoms with Crippen LogP contribution in [0.2, 0.25) is 5.02 Å². The lowest BCUT2D eigenvalue weighted by Crippen LogP contribution is -2.44. The summed E-state index contributed by atoms with van der Waals surface area (Å²) in [7, 11) is 0. The summed E-state index contributed by atoms with van der Waals surface area (Å²) in [6, 6.07) is 4.06. The lowest BCUT2D eigenvalue weighted by atomic mass is 9.87. The number of anilines is 1. The molecule has 0 aliphatic rings. The van der Waals surface area contributed by atoms with Crippen molar-refractivity contribution in [3.8, 4) is 0 Å². The summed E-state index contributed by atoms with van der Waals surface area (Å²) in [5.74, 6) is -0.344. The molecular formula is C13H17ClN2O2. The number of nitrogen functional groups attached to an aromatic ring is 1. The van der Waals surface area contributed by atoms with Gasteiger partial charge in [0, 0.05) is 5.56 Å². The third-order valence-corrected chi connectivity index (χ3v) is 2.95. The molecule has 0 bridgehead atoms. The van der Waals surface area contributed by atoms with Gasteiger partial charge in [-0.2, -0.15) is 0 Å². The molecule has 1 aromatic carbocycles. The molecule has 1 atom stereocenters. The molecule has 0 fully saturated rings. The molecule has 5 heteroatoms. The average Bonchev–Trinajstić information content (AvgIpc) is 2.27. The van der Waals surface area contributed by atoms with Crippen molar-refractivity contribution in [2.75, 3.05) is 5.73 Å². The summed E-state index contributed by atoms with van der Waals surface area (Å²) in [5, 5.41) is 2.98. The summed E-state index contributed by atoms with van der Waals surface area (Å²) in [5.41, 5.74) is 6.02. The predicted octanol–water partition coefficient (Wildman–Crippen LogP) is 2.27. The third-order valence-electron chi connectivity index (χ3n) is 2.62. The highest BCUT2D eigenvalue weighted by Gasteiger charge is 2.26. The van der Waals surface area contributed by atoms with Gasteiger partial charge in [0.15, 0.2) is 0 Å². The van der Waals surface area contributed by atoms with Crippen LogP contribution in [-0.2, 0) is 4.79 Å². The lowest BCUT2D eigenvalue weighted by Gasteiger charge is -2.26. The molecule has 0 aliphatic heterocycles. The van der Waals surface area contributed by atoms with E-state index in [0.717, 1.165) is 6.29 Å². The van der Waals surface area contributed by atoms with Crippen molar-refractivity contribution >= 4 is 29.5 Å². The number of rotatable bonds is 3. The molecule has 0 spiro atoms. The standard InChI is InChI=1S/C13H17ClN2O2/c1-13(2,3)11(7-17)16-12(18)8-4-5-10(15)9(14)6-8/h4-7,11H,15H2,1-3H3,(H,16,18). The highest BCUT2D eigenvalue weighted by molar-refractivity contribution is 6.33. The highest BCUT2D eigenvalue weighted by Crippen LogP contribution is 2.21. The largest absolute Gasteiger partial charge is 0.398 e. The maximum absolute atomic E-state index is 12.0. The van der Waals surface area contributed by atoms with Crippen molar-refractivity contribution in [2.45, 2.75) is 26.8 Å². The van der Waals surface area contributed by atoms with Gasteiger partial charge in [0.25, 0.3) is 5.91 Å². The second-order valence-corrected chi connectivity index (χ2v) is 5.60. The molecule has 1 amide bonds. The normalized spacial score (nSPS) is 12.9. The number of carbonyl (C=O) groups excluding carboxylic acids is 2. The van der Waals surface area contributed by atoms with Crippen molar-refractivity contribution in [3.05, 3.63) is 28.8 Å². The third kappa shape index (κ3) is 3.47. The first-order chi connectivity index (χ1) is 8.25. The van der Waals surface area contributed by atoms with E-state index in [1.54, 1.807) is 12.1 Å². The minimum Gasteiger partial charge on any atom is -0.398 e. The number of amides is 1. The molecule has 0 saturated heterocycles. The molecule has 0 heterocycles. The van der Waals surface area contributed by atoms with E-state index in [1.807, 2.05) is 20.8 Å². The van der Waals surface area contributed by atoms with E-state index < -0.39 is 6.04 Å². The molecule has 0 saturated carbocycles. The highest BCUT2D eigenvalue weighted by atomic mass is 35.5. The lowest BCUT2D eigenvalue weighted by molar-refractivity contribution is -0.111. The first-order valence-electron chi connectivity index (χ1n) is 5.57. The van der Waals surface area contributed by atoms with Gasteiger partial charge in [-0.25, -0.2) is 0 Å². The van der Waals surface area contributed by atoms with Crippen LogP contribution < -0.4 is 11.1 Å². The van der Waals surface area contributed by atoms with Gasteiger partial charge in [0.2, 0.25) is 0 Å². The zero-order chi connectivity index (χ0) is 13.9. The van der Waals surface area contributed by atoms with Crippen LogP contribution in [0.5, 0.6) is 0 Å².